The van der Waals surface area contributed by atoms with Crippen molar-refractivity contribution in [2.45, 2.75) is 44.8 Å². The molecule has 1 atom stereocenters. The minimum absolute atomic E-state index is 0.00232. The van der Waals surface area contributed by atoms with E-state index in [9.17, 15) is 23.5 Å². The molecule has 5 aromatic rings. The van der Waals surface area contributed by atoms with E-state index < -0.39 is 17.5 Å². The number of morpholine rings is 1. The first-order valence-corrected chi connectivity index (χ1v) is 18.4. The Bertz CT molecular complexity index is 2180. The number of carbonyl (C=O) groups excluding carboxylic acids is 2. The van der Waals surface area contributed by atoms with Crippen LogP contribution in [0.1, 0.15) is 50.4 Å². The van der Waals surface area contributed by atoms with Gasteiger partial charge in [0.05, 0.1) is 24.5 Å². The zero-order chi connectivity index (χ0) is 36.6. The molecule has 4 heterocycles. The number of phenolic OH excluding ortho intramolecular Hbond substituents is 1. The number of hydrogen-bond acceptors (Lipinski definition) is 5. The van der Waals surface area contributed by atoms with E-state index in [1.807, 2.05) is 17.0 Å². The number of phenols is 1. The third kappa shape index (κ3) is 6.94. The fraction of sp³-hybridized carbons (Fsp3) is 0.286. The van der Waals surface area contributed by atoms with Crippen LogP contribution in [-0.4, -0.2) is 70.2 Å². The fourth-order valence-corrected chi connectivity index (χ4v) is 8.13. The molecule has 1 fully saturated rings. The van der Waals surface area contributed by atoms with Crippen molar-refractivity contribution in [1.29, 1.82) is 0 Å². The van der Waals surface area contributed by atoms with Gasteiger partial charge in [-0.3, -0.25) is 19.4 Å². The number of fused-ring (bicyclic) bond motifs is 2. The van der Waals surface area contributed by atoms with Crippen molar-refractivity contribution >= 4 is 34.8 Å². The third-order valence-corrected chi connectivity index (χ3v) is 10.9. The molecule has 0 radical (unpaired) electrons. The highest BCUT2D eigenvalue weighted by atomic mass is 35.5. The molecule has 272 valence electrons. The Hall–Kier alpha value is -5.03. The van der Waals surface area contributed by atoms with Crippen LogP contribution in [0.25, 0.3) is 11.3 Å². The normalized spacial score (nSPS) is 17.3. The molecule has 0 saturated carbocycles. The first-order chi connectivity index (χ1) is 25.7. The highest BCUT2D eigenvalue weighted by Crippen LogP contribution is 2.38. The van der Waals surface area contributed by atoms with Crippen molar-refractivity contribution in [1.82, 2.24) is 14.4 Å². The van der Waals surface area contributed by atoms with E-state index >= 15 is 0 Å². The zero-order valence-electron chi connectivity index (χ0n) is 29.1. The van der Waals surface area contributed by atoms with Gasteiger partial charge in [-0.1, -0.05) is 35.9 Å². The summed E-state index contributed by atoms with van der Waals surface area (Å²) in [5.41, 5.74) is 5.83. The second-order valence-corrected chi connectivity index (χ2v) is 14.4. The number of carbonyl (C=O) groups is 2. The smallest absolute Gasteiger partial charge is 0.264 e. The lowest BCUT2D eigenvalue weighted by Gasteiger charge is -2.40. The lowest BCUT2D eigenvalue weighted by molar-refractivity contribution is 0.0193. The van der Waals surface area contributed by atoms with Crippen LogP contribution in [0.2, 0.25) is 5.02 Å². The molecular weight excluding hydrogens is 698 g/mol. The summed E-state index contributed by atoms with van der Waals surface area (Å²) in [6.45, 7) is 4.77. The van der Waals surface area contributed by atoms with Crippen molar-refractivity contribution < 1.29 is 28.2 Å². The van der Waals surface area contributed by atoms with Gasteiger partial charge in [0.1, 0.15) is 5.75 Å². The number of hydrogen-bond donors (Lipinski definition) is 1. The second kappa shape index (κ2) is 14.8. The molecule has 0 spiro atoms. The van der Waals surface area contributed by atoms with Crippen LogP contribution in [-0.2, 0) is 30.7 Å². The van der Waals surface area contributed by atoms with Crippen LogP contribution in [0, 0.1) is 11.6 Å². The van der Waals surface area contributed by atoms with Crippen molar-refractivity contribution in [3.8, 4) is 17.0 Å². The molecule has 2 amide bonds. The number of nitrogens with zero attached hydrogens (tertiary/aromatic N) is 4. The molecule has 11 heteroatoms. The summed E-state index contributed by atoms with van der Waals surface area (Å²) in [6, 6.07) is 24.6. The standard InChI is InChI=1S/C42H39ClF2N4O4/c43-29-8-14-34(41(51)48-25-28-6-2-1-5-27(28)21-32(48)26-46-17-19-53-20-18-46)35(22-29)40-24-36(39-7-3-4-16-47(39)40)42(52)49(30-9-12-33(50)13-10-30)31-11-15-37(44)38(45)23-31/h1-2,5-6,8-15,22-24,32,50H,3-4,7,16-21,25-26H2/t32-/m0/s1. The molecule has 8 nitrogen and oxygen atoms in total. The van der Waals surface area contributed by atoms with Gasteiger partial charge in [0.15, 0.2) is 11.6 Å². The molecule has 0 bridgehead atoms. The highest BCUT2D eigenvalue weighted by molar-refractivity contribution is 6.31. The monoisotopic (exact) mass is 736 g/mol. The van der Waals surface area contributed by atoms with E-state index in [0.717, 1.165) is 62.3 Å². The molecule has 1 N–H and O–H groups in total. The van der Waals surface area contributed by atoms with Crippen molar-refractivity contribution in [3.63, 3.8) is 0 Å². The molecule has 3 aliphatic rings. The van der Waals surface area contributed by atoms with E-state index in [0.29, 0.717) is 65.8 Å². The first kappa shape index (κ1) is 35.0. The molecular formula is C42H39ClF2N4O4. The van der Waals surface area contributed by atoms with E-state index in [-0.39, 0.29) is 23.4 Å². The SMILES string of the molecule is O=C(c1cc(-c2cc(Cl)ccc2C(=O)N2Cc3ccccc3C[C@H]2CN2CCOCC2)n2c1CCCC2)N(c1ccc(O)cc1)c1ccc(F)c(F)c1. The largest absolute Gasteiger partial charge is 0.508 e. The Morgan fingerprint density at radius 2 is 1.58 bits per heavy atom. The van der Waals surface area contributed by atoms with Crippen LogP contribution in [0.15, 0.2) is 91.0 Å². The minimum Gasteiger partial charge on any atom is -0.508 e. The Labute approximate surface area is 311 Å². The average molecular weight is 737 g/mol. The predicted molar refractivity (Wildman–Crippen MR) is 200 cm³/mol. The third-order valence-electron chi connectivity index (χ3n) is 10.6. The van der Waals surface area contributed by atoms with Crippen molar-refractivity contribution in [2.75, 3.05) is 37.7 Å². The van der Waals surface area contributed by atoms with Crippen molar-refractivity contribution in [3.05, 3.63) is 136 Å². The van der Waals surface area contributed by atoms with Gasteiger partial charge in [-0.15, -0.1) is 0 Å². The van der Waals surface area contributed by atoms with E-state index in [4.69, 9.17) is 16.3 Å². The Morgan fingerprint density at radius 1 is 0.830 bits per heavy atom. The number of aromatic hydroxyl groups is 1. The lowest BCUT2D eigenvalue weighted by atomic mass is 9.92. The van der Waals surface area contributed by atoms with Crippen LogP contribution < -0.4 is 4.90 Å². The van der Waals surface area contributed by atoms with Crippen LogP contribution in [0.4, 0.5) is 20.2 Å². The summed E-state index contributed by atoms with van der Waals surface area (Å²) in [4.78, 5) is 35.3. The molecule has 3 aliphatic heterocycles. The number of amides is 2. The number of halogens is 3. The number of anilines is 2. The predicted octanol–water partition coefficient (Wildman–Crippen LogP) is 8.01. The zero-order valence-corrected chi connectivity index (χ0v) is 29.9. The second-order valence-electron chi connectivity index (χ2n) is 13.9. The van der Waals surface area contributed by atoms with Gasteiger partial charge in [-0.25, -0.2) is 8.78 Å². The summed E-state index contributed by atoms with van der Waals surface area (Å²) < 4.78 is 36.4. The van der Waals surface area contributed by atoms with E-state index in [1.165, 1.54) is 28.7 Å². The van der Waals surface area contributed by atoms with Crippen LogP contribution in [0.5, 0.6) is 5.75 Å². The average Bonchev–Trinajstić information content (AvgIpc) is 3.56. The van der Waals surface area contributed by atoms with Crippen molar-refractivity contribution in [2.24, 2.45) is 0 Å². The molecule has 4 aromatic carbocycles. The maximum Gasteiger partial charge on any atom is 0.264 e. The van der Waals surface area contributed by atoms with Gasteiger partial charge >= 0.3 is 0 Å². The molecule has 53 heavy (non-hydrogen) atoms. The summed E-state index contributed by atoms with van der Waals surface area (Å²) in [5.74, 6) is -2.69. The summed E-state index contributed by atoms with van der Waals surface area (Å²) >= 11 is 6.67. The number of aromatic nitrogens is 1. The Morgan fingerprint density at radius 3 is 2.36 bits per heavy atom. The quantitative estimate of drug-likeness (QED) is 0.183. The highest BCUT2D eigenvalue weighted by Gasteiger charge is 2.35. The number of ether oxygens (including phenoxy) is 1. The van der Waals surface area contributed by atoms with Gasteiger partial charge in [0.25, 0.3) is 11.8 Å². The van der Waals surface area contributed by atoms with E-state index in [1.54, 1.807) is 36.4 Å². The lowest BCUT2D eigenvalue weighted by Crippen LogP contribution is -2.52. The maximum atomic E-state index is 14.9. The Kier molecular flexibility index (Phi) is 9.76. The van der Waals surface area contributed by atoms with Crippen LogP contribution >= 0.6 is 11.6 Å². The number of benzene rings is 4. The molecule has 8 rings (SSSR count). The van der Waals surface area contributed by atoms with Gasteiger partial charge in [0, 0.05) is 78.1 Å². The van der Waals surface area contributed by atoms with Gasteiger partial charge in [0.2, 0.25) is 0 Å². The van der Waals surface area contributed by atoms with Gasteiger partial charge in [-0.2, -0.15) is 0 Å². The van der Waals surface area contributed by atoms with Crippen LogP contribution in [0.3, 0.4) is 0 Å². The summed E-state index contributed by atoms with van der Waals surface area (Å²) in [6.07, 6.45) is 3.07. The van der Waals surface area contributed by atoms with Gasteiger partial charge < -0.3 is 19.3 Å². The van der Waals surface area contributed by atoms with Gasteiger partial charge in [-0.05, 0) is 97.5 Å². The topological polar surface area (TPSA) is 78.3 Å². The minimum atomic E-state index is -1.09. The maximum absolute atomic E-state index is 14.9. The number of rotatable bonds is 7. The van der Waals surface area contributed by atoms with E-state index in [2.05, 4.69) is 21.6 Å². The molecule has 0 aliphatic carbocycles. The molecule has 0 unspecified atom stereocenters. The summed E-state index contributed by atoms with van der Waals surface area (Å²) in [7, 11) is 0. The molecule has 1 aromatic heterocycles. The Balaban J connectivity index is 1.21. The summed E-state index contributed by atoms with van der Waals surface area (Å²) in [5, 5.41) is 10.5. The fourth-order valence-electron chi connectivity index (χ4n) is 7.95. The first-order valence-electron chi connectivity index (χ1n) is 18.0. The molecule has 1 saturated heterocycles.